The summed E-state index contributed by atoms with van der Waals surface area (Å²) >= 11 is 0. The minimum Gasteiger partial charge on any atom is -0.368 e. The largest absolute Gasteiger partial charge is 0.368 e. The van der Waals surface area contributed by atoms with Crippen LogP contribution in [0.15, 0.2) is 18.2 Å². The first-order chi connectivity index (χ1) is 10.9. The number of rotatable bonds is 6. The Bertz CT molecular complexity index is 624. The van der Waals surface area contributed by atoms with Crippen LogP contribution < -0.4 is 10.6 Å². The highest BCUT2D eigenvalue weighted by Gasteiger charge is 2.23. The number of nitro benzene ring substituents is 1. The van der Waals surface area contributed by atoms with Gasteiger partial charge in [-0.15, -0.1) is 0 Å². The van der Waals surface area contributed by atoms with Crippen molar-refractivity contribution in [2.75, 3.05) is 5.32 Å². The van der Waals surface area contributed by atoms with Crippen LogP contribution in [0.3, 0.4) is 0 Å². The monoisotopic (exact) mass is 319 g/mol. The maximum atomic E-state index is 12.2. The molecular weight excluding hydrogens is 298 g/mol. The summed E-state index contributed by atoms with van der Waals surface area (Å²) in [6, 6.07) is 3.80. The third-order valence-electron chi connectivity index (χ3n) is 4.07. The third kappa shape index (κ3) is 4.28. The van der Waals surface area contributed by atoms with Crippen LogP contribution in [0.4, 0.5) is 11.4 Å². The summed E-state index contributed by atoms with van der Waals surface area (Å²) in [5.74, 6) is -0.423. The molecule has 7 heteroatoms. The molecule has 1 aromatic carbocycles. The van der Waals surface area contributed by atoms with E-state index in [-0.39, 0.29) is 34.7 Å². The lowest BCUT2D eigenvalue weighted by molar-refractivity contribution is -0.384. The van der Waals surface area contributed by atoms with E-state index in [1.54, 1.807) is 6.92 Å². The number of hydrogen-bond acceptors (Lipinski definition) is 5. The second-order valence-electron chi connectivity index (χ2n) is 5.90. The highest BCUT2D eigenvalue weighted by atomic mass is 16.6. The van der Waals surface area contributed by atoms with Gasteiger partial charge in [0.25, 0.3) is 5.69 Å². The second-order valence-corrected chi connectivity index (χ2v) is 5.90. The fraction of sp³-hybridized carbons (Fsp3) is 0.500. The minimum absolute atomic E-state index is 0.179. The summed E-state index contributed by atoms with van der Waals surface area (Å²) in [4.78, 5) is 34.1. The smallest absolute Gasteiger partial charge is 0.293 e. The van der Waals surface area contributed by atoms with E-state index >= 15 is 0 Å². The summed E-state index contributed by atoms with van der Waals surface area (Å²) in [6.45, 7) is 3.01. The zero-order valence-corrected chi connectivity index (χ0v) is 13.3. The van der Waals surface area contributed by atoms with Gasteiger partial charge in [-0.3, -0.25) is 19.7 Å². The fourth-order valence-corrected chi connectivity index (χ4v) is 2.72. The van der Waals surface area contributed by atoms with Gasteiger partial charge in [-0.2, -0.15) is 0 Å². The Labute approximate surface area is 134 Å². The standard InChI is InChI=1S/C16H21N3O4/c1-10(16(21)18-13-5-3-4-6-13)17-14-8-7-12(11(2)20)9-15(14)19(22)23/h7-10,13,17H,3-6H2,1-2H3,(H,18,21)/t10-/m1/s1. The molecule has 1 amide bonds. The Kier molecular flexibility index (Phi) is 5.31. The lowest BCUT2D eigenvalue weighted by Gasteiger charge is -2.18. The quantitative estimate of drug-likeness (QED) is 0.477. The number of anilines is 1. The van der Waals surface area contributed by atoms with Crippen LogP contribution in [-0.4, -0.2) is 28.7 Å². The number of amides is 1. The van der Waals surface area contributed by atoms with Crippen molar-refractivity contribution in [2.45, 2.75) is 51.6 Å². The van der Waals surface area contributed by atoms with Gasteiger partial charge in [-0.05, 0) is 38.8 Å². The lowest BCUT2D eigenvalue weighted by atomic mass is 10.1. The Morgan fingerprint density at radius 2 is 1.96 bits per heavy atom. The molecule has 1 atom stereocenters. The maximum Gasteiger partial charge on any atom is 0.293 e. The molecule has 124 valence electrons. The SMILES string of the molecule is CC(=O)c1ccc(N[C@H](C)C(=O)NC2CCCC2)c([N+](=O)[O-])c1. The number of hydrogen-bond donors (Lipinski definition) is 2. The van der Waals surface area contributed by atoms with Crippen molar-refractivity contribution in [3.63, 3.8) is 0 Å². The highest BCUT2D eigenvalue weighted by Crippen LogP contribution is 2.26. The van der Waals surface area contributed by atoms with Crippen molar-refractivity contribution in [3.05, 3.63) is 33.9 Å². The molecule has 23 heavy (non-hydrogen) atoms. The van der Waals surface area contributed by atoms with Gasteiger partial charge in [-0.25, -0.2) is 0 Å². The number of ketones is 1. The Hall–Kier alpha value is -2.44. The minimum atomic E-state index is -0.600. The van der Waals surface area contributed by atoms with Crippen molar-refractivity contribution in [1.29, 1.82) is 0 Å². The zero-order chi connectivity index (χ0) is 17.0. The van der Waals surface area contributed by atoms with Crippen LogP contribution in [0.1, 0.15) is 49.9 Å². The summed E-state index contributed by atoms with van der Waals surface area (Å²) in [5, 5.41) is 17.0. The molecule has 0 aromatic heterocycles. The Morgan fingerprint density at radius 3 is 2.52 bits per heavy atom. The molecule has 0 radical (unpaired) electrons. The number of nitrogens with zero attached hydrogens (tertiary/aromatic N) is 1. The number of benzene rings is 1. The van der Waals surface area contributed by atoms with Crippen molar-refractivity contribution >= 4 is 23.1 Å². The zero-order valence-electron chi connectivity index (χ0n) is 13.3. The third-order valence-corrected chi connectivity index (χ3v) is 4.07. The molecule has 0 aliphatic heterocycles. The van der Waals surface area contributed by atoms with Gasteiger partial charge in [0.15, 0.2) is 5.78 Å². The molecule has 0 spiro atoms. The predicted molar refractivity (Wildman–Crippen MR) is 86.6 cm³/mol. The lowest BCUT2D eigenvalue weighted by Crippen LogP contribution is -2.42. The van der Waals surface area contributed by atoms with Gasteiger partial charge in [0.05, 0.1) is 4.92 Å². The van der Waals surface area contributed by atoms with E-state index < -0.39 is 11.0 Å². The van der Waals surface area contributed by atoms with Crippen LogP contribution in [0.2, 0.25) is 0 Å². The van der Waals surface area contributed by atoms with Crippen molar-refractivity contribution in [3.8, 4) is 0 Å². The average Bonchev–Trinajstić information content (AvgIpc) is 2.99. The van der Waals surface area contributed by atoms with Gasteiger partial charge in [0.2, 0.25) is 5.91 Å². The number of nitrogens with one attached hydrogen (secondary N) is 2. The fourth-order valence-electron chi connectivity index (χ4n) is 2.72. The summed E-state index contributed by atoms with van der Waals surface area (Å²) in [7, 11) is 0. The Morgan fingerprint density at radius 1 is 1.30 bits per heavy atom. The first-order valence-corrected chi connectivity index (χ1v) is 7.74. The molecule has 0 saturated heterocycles. The second kappa shape index (κ2) is 7.21. The molecule has 1 saturated carbocycles. The van der Waals surface area contributed by atoms with Crippen LogP contribution >= 0.6 is 0 Å². The molecule has 7 nitrogen and oxygen atoms in total. The normalized spacial score (nSPS) is 15.9. The average molecular weight is 319 g/mol. The van der Waals surface area contributed by atoms with Crippen molar-refractivity contribution < 1.29 is 14.5 Å². The van der Waals surface area contributed by atoms with E-state index in [2.05, 4.69) is 10.6 Å². The number of Topliss-reactive ketones (excluding diaryl/α,β-unsaturated/α-hetero) is 1. The van der Waals surface area contributed by atoms with E-state index in [9.17, 15) is 19.7 Å². The molecular formula is C16H21N3O4. The molecule has 1 aliphatic rings. The summed E-state index contributed by atoms with van der Waals surface area (Å²) in [6.07, 6.45) is 4.19. The molecule has 1 aromatic rings. The van der Waals surface area contributed by atoms with Gasteiger partial charge >= 0.3 is 0 Å². The van der Waals surface area contributed by atoms with E-state index in [0.717, 1.165) is 25.7 Å². The van der Waals surface area contributed by atoms with E-state index in [1.165, 1.54) is 25.1 Å². The molecule has 2 rings (SSSR count). The van der Waals surface area contributed by atoms with Crippen molar-refractivity contribution in [1.82, 2.24) is 5.32 Å². The van der Waals surface area contributed by atoms with Gasteiger partial charge in [0.1, 0.15) is 11.7 Å². The summed E-state index contributed by atoms with van der Waals surface area (Å²) < 4.78 is 0. The number of carbonyl (C=O) groups excluding carboxylic acids is 2. The van der Waals surface area contributed by atoms with Crippen molar-refractivity contribution in [2.24, 2.45) is 0 Å². The highest BCUT2D eigenvalue weighted by molar-refractivity contribution is 5.95. The van der Waals surface area contributed by atoms with E-state index in [1.807, 2.05) is 0 Å². The van der Waals surface area contributed by atoms with Crippen LogP contribution in [0.5, 0.6) is 0 Å². The van der Waals surface area contributed by atoms with Crippen LogP contribution in [-0.2, 0) is 4.79 Å². The molecule has 2 N–H and O–H groups in total. The van der Waals surface area contributed by atoms with E-state index in [4.69, 9.17) is 0 Å². The maximum absolute atomic E-state index is 12.2. The summed E-state index contributed by atoms with van der Waals surface area (Å²) in [5.41, 5.74) is 0.289. The Balaban J connectivity index is 2.09. The first kappa shape index (κ1) is 16.9. The number of carbonyl (C=O) groups is 2. The van der Waals surface area contributed by atoms with Crippen LogP contribution in [0.25, 0.3) is 0 Å². The van der Waals surface area contributed by atoms with Gasteiger partial charge in [-0.1, -0.05) is 12.8 Å². The number of nitro groups is 1. The molecule has 0 heterocycles. The molecule has 1 fully saturated rings. The molecule has 1 aliphatic carbocycles. The first-order valence-electron chi connectivity index (χ1n) is 7.74. The molecule has 0 unspecified atom stereocenters. The predicted octanol–water partition coefficient (Wildman–Crippen LogP) is 2.66. The molecule has 0 bridgehead atoms. The topological polar surface area (TPSA) is 101 Å². The van der Waals surface area contributed by atoms with Gasteiger partial charge < -0.3 is 10.6 Å². The van der Waals surface area contributed by atoms with Gasteiger partial charge in [0, 0.05) is 17.7 Å². The van der Waals surface area contributed by atoms with Crippen LogP contribution in [0, 0.1) is 10.1 Å². The van der Waals surface area contributed by atoms with E-state index in [0.29, 0.717) is 0 Å².